The zero-order valence-corrected chi connectivity index (χ0v) is 13.6. The molecule has 0 spiro atoms. The van der Waals surface area contributed by atoms with Crippen molar-refractivity contribution >= 4 is 11.8 Å². The van der Waals surface area contributed by atoms with Crippen LogP contribution < -0.4 is 0 Å². The molecule has 0 aromatic rings. The van der Waals surface area contributed by atoms with Crippen molar-refractivity contribution in [3.8, 4) is 0 Å². The highest BCUT2D eigenvalue weighted by Gasteiger charge is 2.22. The second kappa shape index (κ2) is 9.79. The molecule has 0 amide bonds. The van der Waals surface area contributed by atoms with Gasteiger partial charge in [0.25, 0.3) is 0 Å². The van der Waals surface area contributed by atoms with Crippen LogP contribution in [0.4, 0.5) is 0 Å². The standard InChI is InChI=1S/C18H24O5/c1-13-8-6-4-3-5-7-9-16(21)12-15(10-11-19)17(14(2)20)18(22)23-13/h4,6-7,9-10,13,19-20H,3,5,8,11-12H2,1-2H3/b6-4+,9-7+,15-10-,17-14-/t13-/m1/s1. The van der Waals surface area contributed by atoms with Crippen LogP contribution in [0, 0.1) is 0 Å². The summed E-state index contributed by atoms with van der Waals surface area (Å²) >= 11 is 0. The van der Waals surface area contributed by atoms with Crippen LogP contribution in [-0.2, 0) is 14.3 Å². The van der Waals surface area contributed by atoms with Crippen LogP contribution >= 0.6 is 0 Å². The summed E-state index contributed by atoms with van der Waals surface area (Å²) in [5, 5.41) is 19.0. The van der Waals surface area contributed by atoms with Gasteiger partial charge in [0.1, 0.15) is 17.4 Å². The lowest BCUT2D eigenvalue weighted by atomic mass is 9.98. The van der Waals surface area contributed by atoms with Crippen molar-refractivity contribution in [1.29, 1.82) is 0 Å². The van der Waals surface area contributed by atoms with Gasteiger partial charge in [0.2, 0.25) is 0 Å². The van der Waals surface area contributed by atoms with Crippen LogP contribution in [-0.4, -0.2) is 34.7 Å². The second-order valence-corrected chi connectivity index (χ2v) is 5.42. The van der Waals surface area contributed by atoms with E-state index in [1.165, 1.54) is 19.1 Å². The van der Waals surface area contributed by atoms with Crippen molar-refractivity contribution < 1.29 is 24.5 Å². The van der Waals surface area contributed by atoms with Crippen LogP contribution in [0.1, 0.15) is 39.5 Å². The van der Waals surface area contributed by atoms with Gasteiger partial charge < -0.3 is 14.9 Å². The molecule has 5 nitrogen and oxygen atoms in total. The largest absolute Gasteiger partial charge is 0.512 e. The first-order valence-electron chi connectivity index (χ1n) is 7.71. The summed E-state index contributed by atoms with van der Waals surface area (Å²) in [6.07, 6.45) is 10.2. The van der Waals surface area contributed by atoms with Crippen molar-refractivity contribution in [2.45, 2.75) is 45.6 Å². The smallest absolute Gasteiger partial charge is 0.342 e. The van der Waals surface area contributed by atoms with E-state index in [-0.39, 0.29) is 41.8 Å². The normalized spacial score (nSPS) is 28.0. The molecule has 0 aromatic heterocycles. The zero-order chi connectivity index (χ0) is 17.2. The summed E-state index contributed by atoms with van der Waals surface area (Å²) in [5.41, 5.74) is 0.209. The molecule has 0 fully saturated rings. The van der Waals surface area contributed by atoms with Crippen LogP contribution in [0.5, 0.6) is 0 Å². The third-order valence-electron chi connectivity index (χ3n) is 3.34. The average molecular weight is 320 g/mol. The Labute approximate surface area is 136 Å². The van der Waals surface area contributed by atoms with Crippen molar-refractivity contribution in [3.63, 3.8) is 0 Å². The van der Waals surface area contributed by atoms with Gasteiger partial charge in [-0.15, -0.1) is 0 Å². The van der Waals surface area contributed by atoms with Gasteiger partial charge in [-0.05, 0) is 38.3 Å². The van der Waals surface area contributed by atoms with Gasteiger partial charge in [0.05, 0.1) is 6.61 Å². The Morgan fingerprint density at radius 3 is 2.65 bits per heavy atom. The second-order valence-electron chi connectivity index (χ2n) is 5.42. The van der Waals surface area contributed by atoms with E-state index >= 15 is 0 Å². The van der Waals surface area contributed by atoms with Gasteiger partial charge in [-0.2, -0.15) is 0 Å². The summed E-state index contributed by atoms with van der Waals surface area (Å²) in [6.45, 7) is 2.78. The maximum Gasteiger partial charge on any atom is 0.342 e. The van der Waals surface area contributed by atoms with Crippen LogP contribution in [0.3, 0.4) is 0 Å². The number of hydrogen-bond acceptors (Lipinski definition) is 5. The average Bonchev–Trinajstić information content (AvgIpc) is 2.45. The molecule has 126 valence electrons. The van der Waals surface area contributed by atoms with Crippen LogP contribution in [0.25, 0.3) is 0 Å². The number of aliphatic hydroxyl groups excluding tert-OH is 2. The number of hydrogen-bond donors (Lipinski definition) is 2. The number of ether oxygens (including phenoxy) is 1. The van der Waals surface area contributed by atoms with Crippen molar-refractivity contribution in [2.75, 3.05) is 6.61 Å². The minimum absolute atomic E-state index is 0.0614. The molecular formula is C18H24O5. The van der Waals surface area contributed by atoms with E-state index in [1.807, 2.05) is 12.2 Å². The lowest BCUT2D eigenvalue weighted by Crippen LogP contribution is -2.19. The highest BCUT2D eigenvalue weighted by atomic mass is 16.5. The molecule has 0 aliphatic carbocycles. The highest BCUT2D eigenvalue weighted by Crippen LogP contribution is 2.21. The van der Waals surface area contributed by atoms with E-state index in [0.717, 1.165) is 12.8 Å². The predicted molar refractivity (Wildman–Crippen MR) is 87.8 cm³/mol. The number of carbonyl (C=O) groups is 2. The molecule has 0 radical (unpaired) electrons. The van der Waals surface area contributed by atoms with Gasteiger partial charge in [-0.1, -0.05) is 24.3 Å². The van der Waals surface area contributed by atoms with Gasteiger partial charge >= 0.3 is 5.97 Å². The summed E-state index contributed by atoms with van der Waals surface area (Å²) in [4.78, 5) is 24.3. The van der Waals surface area contributed by atoms with Crippen LogP contribution in [0.15, 0.2) is 47.3 Å². The molecule has 2 N–H and O–H groups in total. The fourth-order valence-corrected chi connectivity index (χ4v) is 2.23. The number of aliphatic hydroxyl groups is 2. The monoisotopic (exact) mass is 320 g/mol. The van der Waals surface area contributed by atoms with E-state index in [4.69, 9.17) is 9.84 Å². The minimum atomic E-state index is -0.695. The third-order valence-corrected chi connectivity index (χ3v) is 3.34. The first-order chi connectivity index (χ1) is 11.0. The van der Waals surface area contributed by atoms with Gasteiger partial charge in [0.15, 0.2) is 5.78 Å². The maximum atomic E-state index is 12.3. The zero-order valence-electron chi connectivity index (χ0n) is 13.6. The first-order valence-corrected chi connectivity index (χ1v) is 7.71. The molecule has 1 aliphatic heterocycles. The van der Waals surface area contributed by atoms with E-state index in [0.29, 0.717) is 6.42 Å². The Balaban J connectivity index is 3.16. The summed E-state index contributed by atoms with van der Waals surface area (Å²) in [5.74, 6) is -1.13. The number of esters is 1. The molecule has 5 heteroatoms. The summed E-state index contributed by atoms with van der Waals surface area (Å²) < 4.78 is 5.32. The molecule has 1 aliphatic rings. The predicted octanol–water partition coefficient (Wildman–Crippen LogP) is 2.92. The fourth-order valence-electron chi connectivity index (χ4n) is 2.23. The van der Waals surface area contributed by atoms with E-state index in [1.54, 1.807) is 13.0 Å². The lowest BCUT2D eigenvalue weighted by molar-refractivity contribution is -0.143. The lowest BCUT2D eigenvalue weighted by Gasteiger charge is -2.16. The van der Waals surface area contributed by atoms with E-state index in [2.05, 4.69) is 0 Å². The molecule has 0 saturated heterocycles. The van der Waals surface area contributed by atoms with Crippen LogP contribution in [0.2, 0.25) is 0 Å². The molecular weight excluding hydrogens is 296 g/mol. The molecule has 1 heterocycles. The van der Waals surface area contributed by atoms with Gasteiger partial charge in [-0.3, -0.25) is 4.79 Å². The number of cyclic esters (lactones) is 1. The number of carbonyl (C=O) groups excluding carboxylic acids is 2. The fraction of sp³-hybridized carbons (Fsp3) is 0.444. The number of ketones is 1. The van der Waals surface area contributed by atoms with Crippen molar-refractivity contribution in [1.82, 2.24) is 0 Å². The Morgan fingerprint density at radius 2 is 2.00 bits per heavy atom. The van der Waals surface area contributed by atoms with Gasteiger partial charge in [0, 0.05) is 12.8 Å². The Morgan fingerprint density at radius 1 is 1.30 bits per heavy atom. The van der Waals surface area contributed by atoms with Crippen molar-refractivity contribution in [2.24, 2.45) is 0 Å². The molecule has 0 aromatic carbocycles. The molecule has 1 atom stereocenters. The molecule has 0 bridgehead atoms. The van der Waals surface area contributed by atoms with E-state index < -0.39 is 5.97 Å². The molecule has 23 heavy (non-hydrogen) atoms. The van der Waals surface area contributed by atoms with Gasteiger partial charge in [-0.25, -0.2) is 4.79 Å². The topological polar surface area (TPSA) is 83.8 Å². The number of allylic oxidation sites excluding steroid dienone is 4. The summed E-state index contributed by atoms with van der Waals surface area (Å²) in [6, 6.07) is 0. The molecule has 0 unspecified atom stereocenters. The Hall–Kier alpha value is -2.14. The quantitative estimate of drug-likeness (QED) is 0.336. The SMILES string of the molecule is C/C(O)=C1/C(=O)O[C@H](C)C/C=C/CC/C=C/C(=O)C/C1=C/CO. The van der Waals surface area contributed by atoms with Crippen molar-refractivity contribution in [3.05, 3.63) is 47.3 Å². The molecule has 0 saturated carbocycles. The third kappa shape index (κ3) is 6.65. The molecule has 1 rings (SSSR count). The first kappa shape index (κ1) is 18.9. The van der Waals surface area contributed by atoms with E-state index in [9.17, 15) is 14.7 Å². The Bertz CT molecular complexity index is 548. The minimum Gasteiger partial charge on any atom is -0.512 e. The highest BCUT2D eigenvalue weighted by molar-refractivity contribution is 5.99. The number of rotatable bonds is 1. The maximum absolute atomic E-state index is 12.3. The Kier molecular flexibility index (Phi) is 8.05. The summed E-state index contributed by atoms with van der Waals surface area (Å²) in [7, 11) is 0.